The van der Waals surface area contributed by atoms with Crippen LogP contribution in [0, 0.1) is 0 Å². The van der Waals surface area contributed by atoms with Gasteiger partial charge in [-0.3, -0.25) is 14.2 Å². The normalized spacial score (nSPS) is 20.8. The van der Waals surface area contributed by atoms with E-state index in [4.69, 9.17) is 4.98 Å². The second-order valence-electron chi connectivity index (χ2n) is 6.44. The lowest BCUT2D eigenvalue weighted by Gasteiger charge is -2.20. The molecule has 3 rings (SSSR count). The van der Waals surface area contributed by atoms with Crippen molar-refractivity contribution in [3.8, 4) is 0 Å². The molecule has 2 aliphatic rings. The first kappa shape index (κ1) is 17.9. The van der Waals surface area contributed by atoms with Crippen molar-refractivity contribution in [3.63, 3.8) is 0 Å². The number of aromatic nitrogens is 2. The molecule has 0 saturated carbocycles. The number of carbonyl (C=O) groups is 1. The van der Waals surface area contributed by atoms with E-state index in [1.807, 2.05) is 11.8 Å². The van der Waals surface area contributed by atoms with Crippen molar-refractivity contribution in [2.24, 2.45) is 0 Å². The minimum Gasteiger partial charge on any atom is -0.342 e. The molecule has 1 fully saturated rings. The predicted octanol–water partition coefficient (Wildman–Crippen LogP) is 2.79. The fourth-order valence-corrected chi connectivity index (χ4v) is 5.36. The van der Waals surface area contributed by atoms with Gasteiger partial charge >= 0.3 is 0 Å². The van der Waals surface area contributed by atoms with E-state index in [2.05, 4.69) is 6.92 Å². The van der Waals surface area contributed by atoms with E-state index in [9.17, 15) is 9.59 Å². The molecule has 2 aliphatic heterocycles. The molecule has 0 radical (unpaired) electrons. The lowest BCUT2D eigenvalue weighted by atomic mass is 10.2. The van der Waals surface area contributed by atoms with Gasteiger partial charge in [0.1, 0.15) is 0 Å². The highest BCUT2D eigenvalue weighted by Crippen LogP contribution is 2.34. The van der Waals surface area contributed by atoms with Crippen LogP contribution in [0.5, 0.6) is 0 Å². The largest absolute Gasteiger partial charge is 0.342 e. The molecule has 132 valence electrons. The maximum absolute atomic E-state index is 12.6. The van der Waals surface area contributed by atoms with Crippen molar-refractivity contribution in [2.75, 3.05) is 18.8 Å². The molecule has 24 heavy (non-hydrogen) atoms. The van der Waals surface area contributed by atoms with Crippen LogP contribution in [0.25, 0.3) is 0 Å². The van der Waals surface area contributed by atoms with Gasteiger partial charge in [0.15, 0.2) is 5.16 Å². The van der Waals surface area contributed by atoms with Gasteiger partial charge < -0.3 is 4.90 Å². The zero-order valence-electron chi connectivity index (χ0n) is 14.4. The molecule has 0 spiro atoms. The minimum absolute atomic E-state index is 0.0570. The summed E-state index contributed by atoms with van der Waals surface area (Å²) in [5.74, 6) is 0.538. The third-order valence-electron chi connectivity index (χ3n) is 4.56. The van der Waals surface area contributed by atoms with Crippen molar-refractivity contribution in [1.82, 2.24) is 14.5 Å². The summed E-state index contributed by atoms with van der Waals surface area (Å²) < 4.78 is 1.71. The summed E-state index contributed by atoms with van der Waals surface area (Å²) >= 11 is 3.04. The average Bonchev–Trinajstić information content (AvgIpc) is 2.77. The SMILES string of the molecule is CCn1c(SCC(=O)N2CCCCCC2)nc2c(c1=O)S[C@H](C)C2. The van der Waals surface area contributed by atoms with Crippen LogP contribution in [0.2, 0.25) is 0 Å². The summed E-state index contributed by atoms with van der Waals surface area (Å²) in [7, 11) is 0. The van der Waals surface area contributed by atoms with Crippen LogP contribution < -0.4 is 5.56 Å². The van der Waals surface area contributed by atoms with Gasteiger partial charge in [-0.1, -0.05) is 31.5 Å². The molecule has 0 N–H and O–H groups in total. The zero-order valence-corrected chi connectivity index (χ0v) is 16.0. The fourth-order valence-electron chi connectivity index (χ4n) is 3.26. The molecule has 0 aromatic carbocycles. The maximum Gasteiger partial charge on any atom is 0.268 e. The molecular formula is C17H25N3O2S2. The number of hydrogen-bond acceptors (Lipinski definition) is 5. The number of likely N-dealkylation sites (tertiary alicyclic amines) is 1. The van der Waals surface area contributed by atoms with Crippen molar-refractivity contribution in [1.29, 1.82) is 0 Å². The molecule has 1 aromatic rings. The van der Waals surface area contributed by atoms with Crippen LogP contribution in [0.15, 0.2) is 14.8 Å². The van der Waals surface area contributed by atoms with Crippen LogP contribution in [0.1, 0.15) is 45.2 Å². The Morgan fingerprint density at radius 3 is 2.67 bits per heavy atom. The number of thioether (sulfide) groups is 2. The van der Waals surface area contributed by atoms with E-state index in [1.165, 1.54) is 24.6 Å². The van der Waals surface area contributed by atoms with Crippen molar-refractivity contribution in [3.05, 3.63) is 16.0 Å². The monoisotopic (exact) mass is 367 g/mol. The summed E-state index contributed by atoms with van der Waals surface area (Å²) in [4.78, 5) is 32.6. The third kappa shape index (κ3) is 3.82. The molecule has 3 heterocycles. The van der Waals surface area contributed by atoms with E-state index in [0.717, 1.165) is 42.9 Å². The smallest absolute Gasteiger partial charge is 0.268 e. The number of hydrogen-bond donors (Lipinski definition) is 0. The molecule has 0 unspecified atom stereocenters. The van der Waals surface area contributed by atoms with E-state index in [1.54, 1.807) is 16.3 Å². The topological polar surface area (TPSA) is 55.2 Å². The van der Waals surface area contributed by atoms with Crippen LogP contribution in [0.3, 0.4) is 0 Å². The van der Waals surface area contributed by atoms with E-state index < -0.39 is 0 Å². The molecule has 5 nitrogen and oxygen atoms in total. The summed E-state index contributed by atoms with van der Waals surface area (Å²) in [5.41, 5.74) is 0.966. The lowest BCUT2D eigenvalue weighted by Crippen LogP contribution is -2.33. The van der Waals surface area contributed by atoms with Gasteiger partial charge in [-0.05, 0) is 19.8 Å². The third-order valence-corrected chi connectivity index (χ3v) is 6.74. The molecule has 0 aliphatic carbocycles. The Labute approximate surface area is 151 Å². The van der Waals surface area contributed by atoms with Gasteiger partial charge in [0, 0.05) is 31.3 Å². The first-order valence-corrected chi connectivity index (χ1v) is 10.7. The molecular weight excluding hydrogens is 342 g/mol. The molecule has 7 heteroatoms. The van der Waals surface area contributed by atoms with Gasteiger partial charge in [0.2, 0.25) is 5.91 Å². The molecule has 0 bridgehead atoms. The fraction of sp³-hybridized carbons (Fsp3) is 0.706. The molecule has 1 atom stereocenters. The number of nitrogens with zero attached hydrogens (tertiary/aromatic N) is 3. The predicted molar refractivity (Wildman–Crippen MR) is 99.0 cm³/mol. The Morgan fingerprint density at radius 2 is 2.00 bits per heavy atom. The number of fused-ring (bicyclic) bond motifs is 1. The Balaban J connectivity index is 1.73. The van der Waals surface area contributed by atoms with Crippen LogP contribution in [-0.4, -0.2) is 44.5 Å². The quantitative estimate of drug-likeness (QED) is 0.605. The summed E-state index contributed by atoms with van der Waals surface area (Å²) in [6.45, 7) is 6.41. The summed E-state index contributed by atoms with van der Waals surface area (Å²) in [6.07, 6.45) is 5.47. The lowest BCUT2D eigenvalue weighted by molar-refractivity contribution is -0.128. The Bertz CT molecular complexity index is 667. The standard InChI is InChI=1S/C17H25N3O2S2/c1-3-20-16(22)15-13(10-12(2)24-15)18-17(20)23-11-14(21)19-8-6-4-5-7-9-19/h12H,3-11H2,1-2H3/t12-/m1/s1. The minimum atomic E-state index is 0.0570. The van der Waals surface area contributed by atoms with Gasteiger partial charge in [0.25, 0.3) is 5.56 Å². The number of amides is 1. The Hall–Kier alpha value is -0.950. The second-order valence-corrected chi connectivity index (χ2v) is 8.83. The van der Waals surface area contributed by atoms with E-state index in [-0.39, 0.29) is 11.5 Å². The van der Waals surface area contributed by atoms with E-state index >= 15 is 0 Å². The Morgan fingerprint density at radius 1 is 1.29 bits per heavy atom. The zero-order chi connectivity index (χ0) is 17.1. The number of carbonyl (C=O) groups excluding carboxylic acids is 1. The van der Waals surface area contributed by atoms with Crippen molar-refractivity contribution in [2.45, 2.75) is 67.8 Å². The molecule has 1 aromatic heterocycles. The highest BCUT2D eigenvalue weighted by Gasteiger charge is 2.26. The Kier molecular flexibility index (Phi) is 5.92. The number of rotatable bonds is 4. The van der Waals surface area contributed by atoms with Gasteiger partial charge in [-0.25, -0.2) is 4.98 Å². The van der Waals surface area contributed by atoms with Gasteiger partial charge in [0.05, 0.1) is 16.3 Å². The van der Waals surface area contributed by atoms with Crippen LogP contribution in [-0.2, 0) is 17.8 Å². The van der Waals surface area contributed by atoms with Crippen LogP contribution >= 0.6 is 23.5 Å². The molecule has 1 amide bonds. The van der Waals surface area contributed by atoms with Gasteiger partial charge in [-0.15, -0.1) is 11.8 Å². The highest BCUT2D eigenvalue weighted by molar-refractivity contribution is 8.00. The van der Waals surface area contributed by atoms with E-state index in [0.29, 0.717) is 22.7 Å². The molecule has 1 saturated heterocycles. The summed E-state index contributed by atoms with van der Waals surface area (Å²) in [6, 6.07) is 0. The first-order chi connectivity index (χ1) is 11.6. The van der Waals surface area contributed by atoms with Crippen LogP contribution in [0.4, 0.5) is 0 Å². The highest BCUT2D eigenvalue weighted by atomic mass is 32.2. The second kappa shape index (κ2) is 7.95. The summed E-state index contributed by atoms with van der Waals surface area (Å²) in [5, 5.41) is 1.10. The van der Waals surface area contributed by atoms with Gasteiger partial charge in [-0.2, -0.15) is 0 Å². The average molecular weight is 368 g/mol. The van der Waals surface area contributed by atoms with Crippen molar-refractivity contribution >= 4 is 29.4 Å². The first-order valence-electron chi connectivity index (χ1n) is 8.81. The van der Waals surface area contributed by atoms with Crippen molar-refractivity contribution < 1.29 is 4.79 Å². The maximum atomic E-state index is 12.6.